The molecule has 1 fully saturated rings. The molecule has 6 heteroatoms. The predicted molar refractivity (Wildman–Crippen MR) is 93.0 cm³/mol. The lowest BCUT2D eigenvalue weighted by molar-refractivity contribution is -0.131. The van der Waals surface area contributed by atoms with E-state index in [1.165, 1.54) is 0 Å². The highest BCUT2D eigenvalue weighted by Gasteiger charge is 2.24. The molecule has 0 aliphatic carbocycles. The molecule has 0 saturated carbocycles. The van der Waals surface area contributed by atoms with Crippen LogP contribution >= 0.6 is 0 Å². The van der Waals surface area contributed by atoms with Crippen molar-refractivity contribution in [1.29, 1.82) is 0 Å². The van der Waals surface area contributed by atoms with Gasteiger partial charge in [0.25, 0.3) is 0 Å². The van der Waals surface area contributed by atoms with Crippen LogP contribution in [-0.2, 0) is 16.0 Å². The molecule has 1 aliphatic rings. The highest BCUT2D eigenvalue weighted by molar-refractivity contribution is 5.80. The lowest BCUT2D eigenvalue weighted by Crippen LogP contribution is -2.47. The van der Waals surface area contributed by atoms with E-state index in [1.807, 2.05) is 36.2 Å². The van der Waals surface area contributed by atoms with E-state index in [0.29, 0.717) is 32.5 Å². The third kappa shape index (κ3) is 5.23. The topological polar surface area (TPSA) is 70.7 Å². The summed E-state index contributed by atoms with van der Waals surface area (Å²) < 4.78 is 5.30. The summed E-state index contributed by atoms with van der Waals surface area (Å²) >= 11 is 0. The Labute approximate surface area is 143 Å². The van der Waals surface area contributed by atoms with Crippen LogP contribution in [0.25, 0.3) is 0 Å². The van der Waals surface area contributed by atoms with Gasteiger partial charge in [-0.1, -0.05) is 18.2 Å². The number of piperidine rings is 1. The van der Waals surface area contributed by atoms with Crippen molar-refractivity contribution in [2.45, 2.75) is 31.7 Å². The molecule has 1 aromatic rings. The van der Waals surface area contributed by atoms with Gasteiger partial charge in [0.2, 0.25) is 11.8 Å². The second kappa shape index (κ2) is 9.27. The molecule has 0 bridgehead atoms. The molecule has 0 aromatic heterocycles. The van der Waals surface area contributed by atoms with E-state index in [1.54, 1.807) is 7.11 Å². The maximum atomic E-state index is 12.5. The Balaban J connectivity index is 1.79. The molecule has 1 heterocycles. The van der Waals surface area contributed by atoms with Crippen molar-refractivity contribution in [1.82, 2.24) is 15.5 Å². The molecule has 24 heavy (non-hydrogen) atoms. The zero-order chi connectivity index (χ0) is 17.4. The molecule has 0 atom stereocenters. The molecule has 2 amide bonds. The Morgan fingerprint density at radius 2 is 1.96 bits per heavy atom. The third-order valence-corrected chi connectivity index (χ3v) is 4.35. The van der Waals surface area contributed by atoms with Crippen LogP contribution in [0.3, 0.4) is 0 Å². The molecule has 2 N–H and O–H groups in total. The number of methoxy groups -OCH3 is 1. The fraction of sp³-hybridized carbons (Fsp3) is 0.556. The third-order valence-electron chi connectivity index (χ3n) is 4.35. The first kappa shape index (κ1) is 18.3. The smallest absolute Gasteiger partial charge is 0.227 e. The average molecular weight is 333 g/mol. The zero-order valence-corrected chi connectivity index (χ0v) is 14.5. The number of nitrogens with zero attached hydrogens (tertiary/aromatic N) is 1. The quantitative estimate of drug-likeness (QED) is 0.780. The molecular formula is C18H27N3O3. The lowest BCUT2D eigenvalue weighted by atomic mass is 10.0. The van der Waals surface area contributed by atoms with Gasteiger partial charge in [-0.2, -0.15) is 0 Å². The Morgan fingerprint density at radius 1 is 1.25 bits per heavy atom. The van der Waals surface area contributed by atoms with Gasteiger partial charge >= 0.3 is 0 Å². The number of benzene rings is 1. The number of likely N-dealkylation sites (tertiary alicyclic amines) is 1. The fourth-order valence-electron chi connectivity index (χ4n) is 2.94. The molecule has 0 spiro atoms. The molecule has 1 saturated heterocycles. The molecular weight excluding hydrogens is 306 g/mol. The van der Waals surface area contributed by atoms with Gasteiger partial charge in [-0.3, -0.25) is 9.59 Å². The maximum Gasteiger partial charge on any atom is 0.227 e. The van der Waals surface area contributed by atoms with Crippen LogP contribution in [0.1, 0.15) is 24.8 Å². The van der Waals surface area contributed by atoms with Gasteiger partial charge in [-0.15, -0.1) is 0 Å². The number of hydrogen-bond donors (Lipinski definition) is 2. The lowest BCUT2D eigenvalue weighted by Gasteiger charge is -2.32. The summed E-state index contributed by atoms with van der Waals surface area (Å²) in [6.07, 6.45) is 2.46. The van der Waals surface area contributed by atoms with Gasteiger partial charge in [0.1, 0.15) is 5.75 Å². The number of para-hydroxylation sites is 1. The molecule has 6 nitrogen and oxygen atoms in total. The number of amides is 2. The van der Waals surface area contributed by atoms with Gasteiger partial charge in [0, 0.05) is 37.7 Å². The summed E-state index contributed by atoms with van der Waals surface area (Å²) in [5.74, 6) is 0.931. The Bertz CT molecular complexity index is 554. The van der Waals surface area contributed by atoms with Gasteiger partial charge in [-0.05, 0) is 26.0 Å². The minimum Gasteiger partial charge on any atom is -0.496 e. The van der Waals surface area contributed by atoms with Crippen molar-refractivity contribution in [3.8, 4) is 5.75 Å². The minimum atomic E-state index is 0.0724. The van der Waals surface area contributed by atoms with E-state index < -0.39 is 0 Å². The number of hydrogen-bond acceptors (Lipinski definition) is 4. The second-order valence-electron chi connectivity index (χ2n) is 6.06. The summed E-state index contributed by atoms with van der Waals surface area (Å²) in [6.45, 7) is 2.05. The number of ether oxygens (including phenoxy) is 1. The second-order valence-corrected chi connectivity index (χ2v) is 6.06. The molecule has 2 rings (SSSR count). The monoisotopic (exact) mass is 333 g/mol. The molecule has 1 aromatic carbocycles. The van der Waals surface area contributed by atoms with Crippen LogP contribution in [0.2, 0.25) is 0 Å². The normalized spacial score (nSPS) is 15.2. The largest absolute Gasteiger partial charge is 0.496 e. The van der Waals surface area contributed by atoms with Crippen molar-refractivity contribution < 1.29 is 14.3 Å². The van der Waals surface area contributed by atoms with Crippen LogP contribution < -0.4 is 15.4 Å². The van der Waals surface area contributed by atoms with Crippen LogP contribution in [-0.4, -0.2) is 56.5 Å². The van der Waals surface area contributed by atoms with Crippen molar-refractivity contribution in [2.24, 2.45) is 0 Å². The van der Waals surface area contributed by atoms with Crippen LogP contribution in [0.5, 0.6) is 5.75 Å². The average Bonchev–Trinajstić information content (AvgIpc) is 2.61. The van der Waals surface area contributed by atoms with Crippen molar-refractivity contribution in [3.05, 3.63) is 29.8 Å². The Hall–Kier alpha value is -2.08. The minimum absolute atomic E-state index is 0.0724. The molecule has 0 radical (unpaired) electrons. The number of rotatable bonds is 7. The zero-order valence-electron chi connectivity index (χ0n) is 14.5. The first-order valence-electron chi connectivity index (χ1n) is 8.47. The summed E-state index contributed by atoms with van der Waals surface area (Å²) in [5, 5.41) is 6.01. The van der Waals surface area contributed by atoms with Crippen molar-refractivity contribution in [2.75, 3.05) is 33.8 Å². The number of carbonyl (C=O) groups is 2. The number of carbonyl (C=O) groups excluding carboxylic acids is 2. The highest BCUT2D eigenvalue weighted by Crippen LogP contribution is 2.19. The van der Waals surface area contributed by atoms with E-state index in [-0.39, 0.29) is 17.9 Å². The SMILES string of the molecule is CNCCC(=O)NC1CCN(C(=O)Cc2ccccc2OC)CC1. The summed E-state index contributed by atoms with van der Waals surface area (Å²) in [7, 11) is 3.45. The van der Waals surface area contributed by atoms with Gasteiger partial charge in [0.05, 0.1) is 13.5 Å². The van der Waals surface area contributed by atoms with E-state index >= 15 is 0 Å². The van der Waals surface area contributed by atoms with E-state index in [0.717, 1.165) is 24.2 Å². The van der Waals surface area contributed by atoms with Crippen molar-refractivity contribution >= 4 is 11.8 Å². The first-order chi connectivity index (χ1) is 11.6. The van der Waals surface area contributed by atoms with Gasteiger partial charge < -0.3 is 20.3 Å². The molecule has 132 valence electrons. The highest BCUT2D eigenvalue weighted by atomic mass is 16.5. The predicted octanol–water partition coefficient (Wildman–Crippen LogP) is 0.954. The Morgan fingerprint density at radius 3 is 2.62 bits per heavy atom. The van der Waals surface area contributed by atoms with Gasteiger partial charge in [0.15, 0.2) is 0 Å². The molecule has 1 aliphatic heterocycles. The summed E-state index contributed by atoms with van der Waals surface area (Å²) in [5.41, 5.74) is 0.910. The fourth-order valence-corrected chi connectivity index (χ4v) is 2.94. The van der Waals surface area contributed by atoms with E-state index in [4.69, 9.17) is 4.74 Å². The number of nitrogens with one attached hydrogen (secondary N) is 2. The maximum absolute atomic E-state index is 12.5. The van der Waals surface area contributed by atoms with E-state index in [9.17, 15) is 9.59 Å². The standard InChI is InChI=1S/C18H27N3O3/c1-19-10-7-17(22)20-15-8-11-21(12-9-15)18(23)13-14-5-3-4-6-16(14)24-2/h3-6,15,19H,7-13H2,1-2H3,(H,20,22). The van der Waals surface area contributed by atoms with Gasteiger partial charge in [-0.25, -0.2) is 0 Å². The molecule has 0 unspecified atom stereocenters. The first-order valence-corrected chi connectivity index (χ1v) is 8.47. The van der Waals surface area contributed by atoms with Crippen LogP contribution in [0.15, 0.2) is 24.3 Å². The summed E-state index contributed by atoms with van der Waals surface area (Å²) in [6, 6.07) is 7.78. The van der Waals surface area contributed by atoms with Crippen LogP contribution in [0.4, 0.5) is 0 Å². The summed E-state index contributed by atoms with van der Waals surface area (Å²) in [4.78, 5) is 26.1. The van der Waals surface area contributed by atoms with E-state index in [2.05, 4.69) is 10.6 Å². The Kier molecular flexibility index (Phi) is 7.06. The van der Waals surface area contributed by atoms with Crippen LogP contribution in [0, 0.1) is 0 Å². The van der Waals surface area contributed by atoms with Crippen molar-refractivity contribution in [3.63, 3.8) is 0 Å².